The fourth-order valence-corrected chi connectivity index (χ4v) is 3.20. The number of carbonyl (C=O) groups is 1. The van der Waals surface area contributed by atoms with Crippen molar-refractivity contribution in [3.8, 4) is 0 Å². The molecule has 126 valence electrons. The van der Waals surface area contributed by atoms with Crippen LogP contribution in [0.1, 0.15) is 64.9 Å². The van der Waals surface area contributed by atoms with Crippen molar-refractivity contribution >= 4 is 5.97 Å². The number of rotatable bonds is 5. The predicted molar refractivity (Wildman–Crippen MR) is 92.7 cm³/mol. The van der Waals surface area contributed by atoms with Gasteiger partial charge in [0.25, 0.3) is 0 Å². The van der Waals surface area contributed by atoms with Crippen molar-refractivity contribution in [2.75, 3.05) is 0 Å². The minimum absolute atomic E-state index is 0.0995. The zero-order valence-electron chi connectivity index (χ0n) is 14.3. The van der Waals surface area contributed by atoms with E-state index in [1.54, 1.807) is 13.0 Å². The predicted octanol–water partition coefficient (Wildman–Crippen LogP) is 5.32. The van der Waals surface area contributed by atoms with Gasteiger partial charge in [0.05, 0.1) is 5.56 Å². The Morgan fingerprint density at radius 1 is 1.12 bits per heavy atom. The molecule has 0 amide bonds. The molecule has 1 aliphatic heterocycles. The van der Waals surface area contributed by atoms with Crippen molar-refractivity contribution in [1.29, 1.82) is 0 Å². The van der Waals surface area contributed by atoms with Gasteiger partial charge in [0.1, 0.15) is 11.9 Å². The quantitative estimate of drug-likeness (QED) is 0.549. The molecule has 0 bridgehead atoms. The summed E-state index contributed by atoms with van der Waals surface area (Å²) in [5.41, 5.74) is 3.57. The zero-order chi connectivity index (χ0) is 17.1. The summed E-state index contributed by atoms with van der Waals surface area (Å²) in [7, 11) is 0. The SMILES string of the molecule is CCCCCc1ccc(C2Cc3ccc(C)c(F)c3C(=O)O2)cc1. The van der Waals surface area contributed by atoms with Gasteiger partial charge in [-0.2, -0.15) is 0 Å². The maximum absolute atomic E-state index is 14.2. The average Bonchev–Trinajstić information content (AvgIpc) is 2.59. The molecule has 2 aromatic carbocycles. The summed E-state index contributed by atoms with van der Waals surface area (Å²) in [6.07, 6.45) is 4.91. The van der Waals surface area contributed by atoms with Gasteiger partial charge in [0.15, 0.2) is 0 Å². The lowest BCUT2D eigenvalue weighted by atomic mass is 9.92. The third-order valence-electron chi connectivity index (χ3n) is 4.70. The molecule has 24 heavy (non-hydrogen) atoms. The Labute approximate surface area is 142 Å². The first-order valence-corrected chi connectivity index (χ1v) is 8.68. The molecule has 0 radical (unpaired) electrons. The molecule has 3 rings (SSSR count). The molecule has 1 atom stereocenters. The van der Waals surface area contributed by atoms with Gasteiger partial charge in [-0.05, 0) is 42.0 Å². The minimum Gasteiger partial charge on any atom is -0.453 e. The number of aryl methyl sites for hydroxylation is 2. The monoisotopic (exact) mass is 326 g/mol. The third-order valence-corrected chi connectivity index (χ3v) is 4.70. The summed E-state index contributed by atoms with van der Waals surface area (Å²) in [6.45, 7) is 3.86. The van der Waals surface area contributed by atoms with Crippen molar-refractivity contribution in [3.05, 3.63) is 70.0 Å². The van der Waals surface area contributed by atoms with E-state index in [0.29, 0.717) is 12.0 Å². The molecule has 0 fully saturated rings. The van der Waals surface area contributed by atoms with Crippen LogP contribution in [0.4, 0.5) is 4.39 Å². The molecule has 2 aromatic rings. The Bertz CT molecular complexity index is 734. The number of cyclic esters (lactones) is 1. The lowest BCUT2D eigenvalue weighted by Crippen LogP contribution is -2.23. The maximum atomic E-state index is 14.2. The first-order chi connectivity index (χ1) is 11.6. The molecular formula is C21H23FO2. The van der Waals surface area contributed by atoms with Crippen molar-refractivity contribution in [2.24, 2.45) is 0 Å². The molecule has 0 aliphatic carbocycles. The van der Waals surface area contributed by atoms with Crippen molar-refractivity contribution in [3.63, 3.8) is 0 Å². The number of halogens is 1. The molecular weight excluding hydrogens is 303 g/mol. The zero-order valence-corrected chi connectivity index (χ0v) is 14.3. The van der Waals surface area contributed by atoms with Crippen LogP contribution in [0.3, 0.4) is 0 Å². The lowest BCUT2D eigenvalue weighted by Gasteiger charge is -2.25. The number of unbranched alkanes of at least 4 members (excludes halogenated alkanes) is 2. The van der Waals surface area contributed by atoms with E-state index in [1.807, 2.05) is 18.2 Å². The van der Waals surface area contributed by atoms with E-state index in [0.717, 1.165) is 17.5 Å². The first-order valence-electron chi connectivity index (χ1n) is 8.68. The Balaban J connectivity index is 1.77. The normalized spacial score (nSPS) is 16.6. The first kappa shape index (κ1) is 16.7. The summed E-state index contributed by atoms with van der Waals surface area (Å²) in [5, 5.41) is 0. The number of carbonyl (C=O) groups excluding carboxylic acids is 1. The fourth-order valence-electron chi connectivity index (χ4n) is 3.20. The Morgan fingerprint density at radius 3 is 2.58 bits per heavy atom. The minimum atomic E-state index is -0.561. The molecule has 0 spiro atoms. The number of benzene rings is 2. The van der Waals surface area contributed by atoms with Crippen LogP contribution < -0.4 is 0 Å². The molecule has 1 unspecified atom stereocenters. The van der Waals surface area contributed by atoms with Gasteiger partial charge in [-0.1, -0.05) is 56.2 Å². The van der Waals surface area contributed by atoms with E-state index in [-0.39, 0.29) is 11.7 Å². The maximum Gasteiger partial charge on any atom is 0.342 e. The van der Waals surface area contributed by atoms with Crippen molar-refractivity contribution in [1.82, 2.24) is 0 Å². The highest BCUT2D eigenvalue weighted by Gasteiger charge is 2.30. The highest BCUT2D eigenvalue weighted by molar-refractivity contribution is 5.92. The second-order valence-electron chi connectivity index (χ2n) is 6.53. The summed E-state index contributed by atoms with van der Waals surface area (Å²) in [5.74, 6) is -1.02. The number of hydrogen-bond acceptors (Lipinski definition) is 2. The standard InChI is InChI=1S/C21H23FO2/c1-3-4-5-6-15-8-11-16(12-9-15)18-13-17-10-7-14(2)20(22)19(17)21(23)24-18/h7-12,18H,3-6,13H2,1-2H3. The molecule has 0 N–H and O–H groups in total. The molecule has 0 saturated heterocycles. The van der Waals surface area contributed by atoms with Crippen LogP contribution in [0.15, 0.2) is 36.4 Å². The molecule has 1 aliphatic rings. The van der Waals surface area contributed by atoms with Gasteiger partial charge in [-0.25, -0.2) is 9.18 Å². The number of fused-ring (bicyclic) bond motifs is 1. The second-order valence-corrected chi connectivity index (χ2v) is 6.53. The summed E-state index contributed by atoms with van der Waals surface area (Å²) < 4.78 is 19.7. The lowest BCUT2D eigenvalue weighted by molar-refractivity contribution is 0.0245. The number of esters is 1. The largest absolute Gasteiger partial charge is 0.453 e. The van der Waals surface area contributed by atoms with Gasteiger partial charge >= 0.3 is 5.97 Å². The van der Waals surface area contributed by atoms with Crippen molar-refractivity contribution in [2.45, 2.75) is 52.1 Å². The number of hydrogen-bond donors (Lipinski definition) is 0. The highest BCUT2D eigenvalue weighted by Crippen LogP contribution is 2.32. The molecule has 0 saturated carbocycles. The summed E-state index contributed by atoms with van der Waals surface area (Å²) in [6, 6.07) is 11.8. The Hall–Kier alpha value is -2.16. The van der Waals surface area contributed by atoms with Crippen LogP contribution >= 0.6 is 0 Å². The van der Waals surface area contributed by atoms with Gasteiger partial charge in [0.2, 0.25) is 0 Å². The van der Waals surface area contributed by atoms with E-state index in [4.69, 9.17) is 4.74 Å². The van der Waals surface area contributed by atoms with Gasteiger partial charge < -0.3 is 4.74 Å². The van der Waals surface area contributed by atoms with Crippen LogP contribution in [0.25, 0.3) is 0 Å². The summed E-state index contributed by atoms with van der Waals surface area (Å²) in [4.78, 5) is 12.2. The molecule has 1 heterocycles. The molecule has 3 heteroatoms. The van der Waals surface area contributed by atoms with E-state index >= 15 is 0 Å². The van der Waals surface area contributed by atoms with E-state index in [2.05, 4.69) is 19.1 Å². The van der Waals surface area contributed by atoms with Crippen LogP contribution in [0.2, 0.25) is 0 Å². The van der Waals surface area contributed by atoms with Crippen LogP contribution in [-0.2, 0) is 17.6 Å². The molecule has 0 aromatic heterocycles. The van der Waals surface area contributed by atoms with Crippen LogP contribution in [0, 0.1) is 12.7 Å². The van der Waals surface area contributed by atoms with Gasteiger partial charge in [-0.3, -0.25) is 0 Å². The molecule has 2 nitrogen and oxygen atoms in total. The van der Waals surface area contributed by atoms with Crippen molar-refractivity contribution < 1.29 is 13.9 Å². The summed E-state index contributed by atoms with van der Waals surface area (Å²) >= 11 is 0. The van der Waals surface area contributed by atoms with E-state index in [9.17, 15) is 9.18 Å². The third kappa shape index (κ3) is 3.35. The van der Waals surface area contributed by atoms with E-state index in [1.165, 1.54) is 24.8 Å². The smallest absolute Gasteiger partial charge is 0.342 e. The Morgan fingerprint density at radius 2 is 1.88 bits per heavy atom. The van der Waals surface area contributed by atoms with Crippen LogP contribution in [0.5, 0.6) is 0 Å². The topological polar surface area (TPSA) is 26.3 Å². The number of ether oxygens (including phenoxy) is 1. The highest BCUT2D eigenvalue weighted by atomic mass is 19.1. The van der Waals surface area contributed by atoms with E-state index < -0.39 is 11.8 Å². The average molecular weight is 326 g/mol. The van der Waals surface area contributed by atoms with Gasteiger partial charge in [0, 0.05) is 6.42 Å². The fraction of sp³-hybridized carbons (Fsp3) is 0.381. The van der Waals surface area contributed by atoms with Crippen LogP contribution in [-0.4, -0.2) is 5.97 Å². The second kappa shape index (κ2) is 7.16. The van der Waals surface area contributed by atoms with Gasteiger partial charge in [-0.15, -0.1) is 0 Å². The Kier molecular flexibility index (Phi) is 4.98.